The standard InChI is InChI=1S/C21H22FN11O9P2S2.2C19H22FN11O9P2S2/c1-2-21-5-38-44(36,46)42-14-11(22)8(39-19(14)33-17-13(30-31-33)18(34)29-20(24)28-17)4-37-43(35,45)41-9(21)3-10(40-21)32-7-27-12-15(23)25-6-26-16(12)32;2*20-11-10-4-36-41(33,43)39-8-1-7(6-2-25-31-14(6)23-5-24-19(31)22)37-9(8)3-35-42(34,44)40-13(11)17(38-10)30-15-12(28-29-30)16(32)27-18(21)26-15/h1,6-11,14,19H,3-5H2,(H,35,45)(H,36,46)(H2,23,25,26)(H3,24,28,29,34);2*2,5,7-11,13,17H,1,3-4H2,(H,33,43)(H,34,44)(H2,22,23,24)(H3,21,26,27,32)/t8-,9+,10-,11+,14-,19-,21-,43?,44?;2*7-,8+,9-,10-,11+,13-,17-,41?,42?/m111/s1. The average molecular weight is 2100 g/mol. The number of rotatable bonds is 6. The number of fused-ring (bicyclic) bond motifs is 15. The van der Waals surface area contributed by atoms with Gasteiger partial charge < -0.3 is 119 Å². The largest absolute Gasteiger partial charge is 0.386 e. The van der Waals surface area contributed by atoms with Crippen LogP contribution in [-0.4, -0.2) is 289 Å². The van der Waals surface area contributed by atoms with Gasteiger partial charge in [0.25, 0.3) is 16.7 Å². The van der Waals surface area contributed by atoms with Crippen LogP contribution in [0.25, 0.3) is 55.9 Å². The van der Waals surface area contributed by atoms with Crippen LogP contribution in [0.15, 0.2) is 52.1 Å². The quantitative estimate of drug-likeness (QED) is 0.0505. The minimum absolute atomic E-state index is 0.0724. The summed E-state index contributed by atoms with van der Waals surface area (Å²) in [5, 5.41) is 31.2. The van der Waals surface area contributed by atoms with Crippen molar-refractivity contribution in [1.82, 2.24) is 134 Å². The predicted octanol–water partition coefficient (Wildman–Crippen LogP) is -1.62. The van der Waals surface area contributed by atoms with Gasteiger partial charge in [0, 0.05) is 30.4 Å². The van der Waals surface area contributed by atoms with Crippen molar-refractivity contribution in [2.45, 2.75) is 148 Å². The Hall–Kier alpha value is -8.45. The molecule has 6 bridgehead atoms. The lowest BCUT2D eigenvalue weighted by molar-refractivity contribution is -0.0891. The van der Waals surface area contributed by atoms with E-state index in [-0.39, 0.29) is 93.8 Å². The number of nitrogens with two attached hydrogens (primary N) is 6. The fraction of sp³-hybridized carbons (Fsp3) is 0.508. The third kappa shape index (κ3) is 18.5. The summed E-state index contributed by atoms with van der Waals surface area (Å²) in [6, 6.07) is 0. The van der Waals surface area contributed by atoms with Crippen molar-refractivity contribution in [2.75, 3.05) is 74.0 Å². The van der Waals surface area contributed by atoms with Gasteiger partial charge in [0.15, 0.2) is 99.1 Å². The van der Waals surface area contributed by atoms with Gasteiger partial charge in [-0.15, -0.1) is 21.7 Å². The fourth-order valence-electron chi connectivity index (χ4n) is 15.6. The van der Waals surface area contributed by atoms with E-state index < -0.39 is 225 Å². The van der Waals surface area contributed by atoms with Crippen LogP contribution in [0, 0.1) is 12.3 Å². The minimum Gasteiger partial charge on any atom is -0.382 e. The molecule has 0 aromatic carbocycles. The van der Waals surface area contributed by atoms with Crippen LogP contribution < -0.4 is 51.1 Å². The molecule has 75 heteroatoms. The number of aromatic amines is 3. The Morgan fingerprint density at radius 3 is 1.27 bits per heavy atom. The summed E-state index contributed by atoms with van der Waals surface area (Å²) in [7, 11) is 0. The highest BCUT2D eigenvalue weighted by Crippen LogP contribution is 2.62. The van der Waals surface area contributed by atoms with Gasteiger partial charge in [-0.25, -0.2) is 52.6 Å². The molecule has 27 atom stereocenters. The van der Waals surface area contributed by atoms with Crippen LogP contribution in [-0.2, 0) is 146 Å². The summed E-state index contributed by atoms with van der Waals surface area (Å²) in [5.74, 6) is 1.94. The van der Waals surface area contributed by atoms with E-state index in [1.165, 1.54) is 51.3 Å². The van der Waals surface area contributed by atoms with Crippen molar-refractivity contribution in [3.8, 4) is 12.3 Å². The van der Waals surface area contributed by atoms with E-state index in [4.69, 9.17) is 183 Å². The molecule has 12 aromatic rings. The number of nitrogen functional groups attached to an aromatic ring is 6. The lowest BCUT2D eigenvalue weighted by Crippen LogP contribution is -2.43. The van der Waals surface area contributed by atoms with Gasteiger partial charge in [0.1, 0.15) is 85.7 Å². The van der Waals surface area contributed by atoms with Gasteiger partial charge >= 0.3 is 40.4 Å². The Balaban J connectivity index is 0.000000129. The maximum atomic E-state index is 15.9. The number of terminal acetylenes is 1. The molecule has 21 rings (SSSR count). The number of hydrogen-bond donors (Lipinski definition) is 15. The maximum absolute atomic E-state index is 15.9. The summed E-state index contributed by atoms with van der Waals surface area (Å²) < 4.78 is 171. The van der Waals surface area contributed by atoms with E-state index in [9.17, 15) is 43.4 Å². The summed E-state index contributed by atoms with van der Waals surface area (Å²) >= 11 is 30.2. The van der Waals surface area contributed by atoms with E-state index >= 15 is 13.2 Å². The molecule has 12 aromatic heterocycles. The second-order valence-electron chi connectivity index (χ2n) is 30.0. The molecule has 0 spiro atoms. The normalized spacial score (nSPS) is 36.7. The summed E-state index contributed by atoms with van der Waals surface area (Å²) in [5.41, 5.74) is 31.9. The first-order chi connectivity index (χ1) is 63.6. The average Bonchev–Trinajstić information content (AvgIpc) is 1.67. The second kappa shape index (κ2) is 36.1. The van der Waals surface area contributed by atoms with Crippen LogP contribution in [0.1, 0.15) is 67.5 Å². The molecule has 60 nitrogen and oxygen atoms in total. The first-order valence-electron chi connectivity index (χ1n) is 38.5. The van der Waals surface area contributed by atoms with Crippen LogP contribution in [0.4, 0.5) is 48.7 Å². The third-order valence-electron chi connectivity index (χ3n) is 21.6. The Labute approximate surface area is 771 Å². The van der Waals surface area contributed by atoms with Crippen molar-refractivity contribution >= 4 is 203 Å². The lowest BCUT2D eigenvalue weighted by Gasteiger charge is -2.32. The molecule has 0 radical (unpaired) electrons. The molecule has 9 aliphatic rings. The Morgan fingerprint density at radius 2 is 0.851 bits per heavy atom. The van der Waals surface area contributed by atoms with E-state index in [1.807, 2.05) is 0 Å². The van der Waals surface area contributed by atoms with Crippen LogP contribution >= 0.6 is 52.6 Å². The Morgan fingerprint density at radius 1 is 0.470 bits per heavy atom. The van der Waals surface area contributed by atoms with E-state index in [1.54, 1.807) is 0 Å². The van der Waals surface area contributed by atoms with Crippen LogP contribution in [0.3, 0.4) is 0 Å². The minimum atomic E-state index is -4.39. The number of nitrogens with zero attached hydrogens (tertiary/aromatic N) is 24. The third-order valence-corrected chi connectivity index (χ3v) is 31.1. The van der Waals surface area contributed by atoms with Crippen molar-refractivity contribution in [3.05, 3.63) is 79.9 Å². The zero-order chi connectivity index (χ0) is 94.5. The molecule has 134 heavy (non-hydrogen) atoms. The number of H-pyrrole nitrogens is 3. The van der Waals surface area contributed by atoms with Crippen molar-refractivity contribution < 1.29 is 125 Å². The SMILES string of the molecule is C#C[C@@]12COP(O)(=S)O[C@@H]3[C@@H](F)[C@@H](COP(=O)(S)O[C@H]1C[C@H](n1cnc4c(N)ncnc41)O2)O[C@H]3n1nnc2c(=O)[nH]c(N)nc21.Nc1nc2c(nnn2[C@@H]2O[C@@H]3COP(O)(=S)O[C@H]4C[C@H](c5cnn6c(N)ncnc56)O[C@@H]4COP(O)(=S)O[C@@H]2[C@H]3F)c(=O)[nH]1.Nc1nc2c(nnn2[C@@H]2O[C@@H]3COP(O)(=S)O[C@H]4C[C@H](c5cnn6c(N)ncnc56)O[C@@H]4COP(O)(=S)O[C@@H]2[C@H]3F)c(=O)[nH]1. The number of aromatic nitrogens is 27. The molecule has 716 valence electrons. The molecule has 0 saturated carbocycles. The summed E-state index contributed by atoms with van der Waals surface area (Å²) in [4.78, 5) is 139. The zero-order valence-corrected chi connectivity index (χ0v) is 77.0. The predicted molar refractivity (Wildman–Crippen MR) is 462 cm³/mol. The van der Waals surface area contributed by atoms with Crippen molar-refractivity contribution in [1.29, 1.82) is 0 Å². The van der Waals surface area contributed by atoms with E-state index in [0.717, 1.165) is 14.0 Å². The molecule has 9 fully saturated rings. The number of anilines is 6. The van der Waals surface area contributed by atoms with Gasteiger partial charge in [-0.05, 0) is 59.0 Å². The van der Waals surface area contributed by atoms with E-state index in [2.05, 4.69) is 124 Å². The zero-order valence-electron chi connectivity index (χ0n) is 66.7. The first-order valence-corrected chi connectivity index (χ1v) is 54.2. The van der Waals surface area contributed by atoms with Crippen molar-refractivity contribution in [3.63, 3.8) is 0 Å². The summed E-state index contributed by atoms with van der Waals surface area (Å²) in [6.07, 6.45) is -13.2. The van der Waals surface area contributed by atoms with Gasteiger partial charge in [-0.1, -0.05) is 33.8 Å². The topological polar surface area (TPSA) is 800 Å². The molecule has 20 N–H and O–H groups in total. The molecule has 6 unspecified atom stereocenters. The number of hydrogen-bond acceptors (Lipinski definition) is 51. The van der Waals surface area contributed by atoms with Crippen molar-refractivity contribution in [2.24, 2.45) is 0 Å². The smallest absolute Gasteiger partial charge is 0.382 e. The highest BCUT2D eigenvalue weighted by atomic mass is 32.7. The van der Waals surface area contributed by atoms with Gasteiger partial charge in [-0.2, -0.15) is 48.2 Å². The molecule has 9 saturated heterocycles. The highest BCUT2D eigenvalue weighted by molar-refractivity contribution is 8.44. The Kier molecular flexibility index (Phi) is 25.4. The maximum Gasteiger partial charge on any atom is 0.386 e. The second-order valence-corrected chi connectivity index (χ2v) is 46.8. The molecule has 9 aliphatic heterocycles. The van der Waals surface area contributed by atoms with Gasteiger partial charge in [0.2, 0.25) is 29.7 Å². The fourth-order valence-corrected chi connectivity index (χ4v) is 24.3. The number of thiol groups is 1. The number of halogens is 3. The number of alkyl halides is 3. The molecule has 21 heterocycles. The summed E-state index contributed by atoms with van der Waals surface area (Å²) in [6.45, 7) is -28.7. The number of ether oxygens (including phenoxy) is 6. The number of imidazole rings is 1. The van der Waals surface area contributed by atoms with Crippen LogP contribution in [0.5, 0.6) is 0 Å². The van der Waals surface area contributed by atoms with Gasteiger partial charge in [0.05, 0.1) is 82.8 Å². The molecular formula is C59H66F3N33O27P6S6. The van der Waals surface area contributed by atoms with Crippen LogP contribution in [0.2, 0.25) is 0 Å². The number of nitrogens with one attached hydrogen (secondary N) is 3. The first kappa shape index (κ1) is 94.5. The highest BCUT2D eigenvalue weighted by Gasteiger charge is 2.59. The molecule has 0 aliphatic carbocycles. The molecule has 0 amide bonds. The van der Waals surface area contributed by atoms with E-state index in [0.29, 0.717) is 28.1 Å². The van der Waals surface area contributed by atoms with Gasteiger partial charge in [-0.3, -0.25) is 56.5 Å². The molecular weight excluding hydrogens is 2040 g/mol. The monoisotopic (exact) mass is 2100 g/mol. The lowest BCUT2D eigenvalue weighted by atomic mass is 9.99. The Bertz CT molecular complexity index is 6930.